The van der Waals surface area contributed by atoms with Gasteiger partial charge in [0.15, 0.2) is 11.7 Å². The average molecular weight is 363 g/mol. The van der Waals surface area contributed by atoms with Gasteiger partial charge in [0.2, 0.25) is 0 Å². The fourth-order valence-corrected chi connectivity index (χ4v) is 2.67. The van der Waals surface area contributed by atoms with Crippen LogP contribution in [-0.2, 0) is 14.3 Å². The standard InChI is InChI=1S/C17H21N3O4S/c1-9(2)24-16(22)14-10(3)19-17(25)20-15(14)11-4-6-12(7-5-11)23-8-13(18)21/h4-7,9,15H,8H2,1-3H3,(H2,18,21)(H2,19,20,25)/t15-/m1/s1. The third kappa shape index (κ3) is 4.93. The fraction of sp³-hybridized carbons (Fsp3) is 0.353. The summed E-state index contributed by atoms with van der Waals surface area (Å²) in [6.07, 6.45) is -0.230. The second-order valence-electron chi connectivity index (χ2n) is 5.85. The molecule has 1 heterocycles. The summed E-state index contributed by atoms with van der Waals surface area (Å²) in [5, 5.41) is 6.46. The van der Waals surface area contributed by atoms with Gasteiger partial charge in [-0.15, -0.1) is 0 Å². The van der Waals surface area contributed by atoms with Crippen LogP contribution in [0.5, 0.6) is 5.75 Å². The monoisotopic (exact) mass is 363 g/mol. The van der Waals surface area contributed by atoms with Crippen LogP contribution in [0.4, 0.5) is 0 Å². The van der Waals surface area contributed by atoms with Crippen molar-refractivity contribution in [1.29, 1.82) is 0 Å². The Morgan fingerprint density at radius 1 is 1.28 bits per heavy atom. The van der Waals surface area contributed by atoms with Crippen LogP contribution in [0.25, 0.3) is 0 Å². The van der Waals surface area contributed by atoms with E-state index in [2.05, 4.69) is 10.6 Å². The Morgan fingerprint density at radius 3 is 2.48 bits per heavy atom. The number of primary amides is 1. The maximum atomic E-state index is 12.5. The summed E-state index contributed by atoms with van der Waals surface area (Å²) >= 11 is 5.20. The number of rotatable bonds is 6. The van der Waals surface area contributed by atoms with Crippen molar-refractivity contribution in [3.05, 3.63) is 41.1 Å². The van der Waals surface area contributed by atoms with Gasteiger partial charge in [-0.25, -0.2) is 4.79 Å². The minimum atomic E-state index is -0.549. The minimum Gasteiger partial charge on any atom is -0.484 e. The second-order valence-corrected chi connectivity index (χ2v) is 6.26. The quantitative estimate of drug-likeness (QED) is 0.517. The van der Waals surface area contributed by atoms with E-state index in [1.807, 2.05) is 0 Å². The predicted molar refractivity (Wildman–Crippen MR) is 96.7 cm³/mol. The lowest BCUT2D eigenvalue weighted by atomic mass is 9.95. The van der Waals surface area contributed by atoms with E-state index in [4.69, 9.17) is 27.4 Å². The SMILES string of the molecule is CC1=C(C(=O)OC(C)C)[C@@H](c2ccc(OCC(N)=O)cc2)NC(=S)N1. The summed E-state index contributed by atoms with van der Waals surface area (Å²) in [5.74, 6) is -0.452. The number of carbonyl (C=O) groups excluding carboxylic acids is 2. The zero-order valence-corrected chi connectivity index (χ0v) is 15.1. The van der Waals surface area contributed by atoms with Gasteiger partial charge >= 0.3 is 5.97 Å². The molecule has 1 aliphatic rings. The molecule has 0 aliphatic carbocycles. The highest BCUT2D eigenvalue weighted by atomic mass is 32.1. The molecule has 0 bridgehead atoms. The number of benzene rings is 1. The molecule has 1 atom stereocenters. The molecule has 1 aromatic rings. The number of allylic oxidation sites excluding steroid dienone is 1. The summed E-state index contributed by atoms with van der Waals surface area (Å²) in [6, 6.07) is 6.54. The fourth-order valence-electron chi connectivity index (χ4n) is 2.40. The molecule has 4 N–H and O–H groups in total. The molecule has 0 spiro atoms. The summed E-state index contributed by atoms with van der Waals surface area (Å²) in [4.78, 5) is 23.2. The molecule has 0 aromatic heterocycles. The Morgan fingerprint density at radius 2 is 1.92 bits per heavy atom. The number of ether oxygens (including phenoxy) is 2. The first-order valence-electron chi connectivity index (χ1n) is 7.78. The maximum Gasteiger partial charge on any atom is 0.338 e. The van der Waals surface area contributed by atoms with Crippen LogP contribution < -0.4 is 21.1 Å². The smallest absolute Gasteiger partial charge is 0.338 e. The Balaban J connectivity index is 2.27. The van der Waals surface area contributed by atoms with Crippen molar-refractivity contribution >= 4 is 29.2 Å². The largest absolute Gasteiger partial charge is 0.484 e. The van der Waals surface area contributed by atoms with E-state index in [-0.39, 0.29) is 12.7 Å². The van der Waals surface area contributed by atoms with E-state index in [0.717, 1.165) is 5.56 Å². The van der Waals surface area contributed by atoms with Crippen molar-refractivity contribution < 1.29 is 19.1 Å². The second kappa shape index (κ2) is 7.98. The first-order valence-corrected chi connectivity index (χ1v) is 8.19. The molecule has 0 radical (unpaired) electrons. The van der Waals surface area contributed by atoms with Crippen molar-refractivity contribution in [2.24, 2.45) is 5.73 Å². The van der Waals surface area contributed by atoms with Crippen LogP contribution in [-0.4, -0.2) is 29.7 Å². The molecule has 7 nitrogen and oxygen atoms in total. The number of hydrogen-bond donors (Lipinski definition) is 3. The average Bonchev–Trinajstić information content (AvgIpc) is 2.51. The lowest BCUT2D eigenvalue weighted by Gasteiger charge is -2.30. The molecule has 25 heavy (non-hydrogen) atoms. The summed E-state index contributed by atoms with van der Waals surface area (Å²) in [7, 11) is 0. The van der Waals surface area contributed by atoms with Crippen LogP contribution in [0.3, 0.4) is 0 Å². The first-order chi connectivity index (χ1) is 11.8. The van der Waals surface area contributed by atoms with Gasteiger partial charge in [-0.1, -0.05) is 12.1 Å². The van der Waals surface area contributed by atoms with E-state index in [0.29, 0.717) is 22.1 Å². The molecule has 0 fully saturated rings. The molecular weight excluding hydrogens is 342 g/mol. The number of nitrogens with one attached hydrogen (secondary N) is 2. The van der Waals surface area contributed by atoms with Gasteiger partial charge in [0.25, 0.3) is 5.91 Å². The van der Waals surface area contributed by atoms with Crippen LogP contribution in [0.2, 0.25) is 0 Å². The van der Waals surface area contributed by atoms with Crippen molar-refractivity contribution in [2.75, 3.05) is 6.61 Å². The molecule has 0 unspecified atom stereocenters. The number of carbonyl (C=O) groups is 2. The number of hydrogen-bond acceptors (Lipinski definition) is 5. The van der Waals surface area contributed by atoms with Crippen LogP contribution in [0, 0.1) is 0 Å². The molecule has 8 heteroatoms. The molecule has 1 aromatic carbocycles. The van der Waals surface area contributed by atoms with E-state index >= 15 is 0 Å². The normalized spacial score (nSPS) is 17.0. The van der Waals surface area contributed by atoms with E-state index in [9.17, 15) is 9.59 Å². The number of amides is 1. The van der Waals surface area contributed by atoms with Crippen LogP contribution >= 0.6 is 12.2 Å². The van der Waals surface area contributed by atoms with Gasteiger partial charge in [0.05, 0.1) is 17.7 Å². The van der Waals surface area contributed by atoms with Crippen molar-refractivity contribution in [1.82, 2.24) is 10.6 Å². The van der Waals surface area contributed by atoms with E-state index < -0.39 is 17.9 Å². The highest BCUT2D eigenvalue weighted by Gasteiger charge is 2.31. The Bertz CT molecular complexity index is 713. The third-order valence-electron chi connectivity index (χ3n) is 3.43. The highest BCUT2D eigenvalue weighted by Crippen LogP contribution is 2.29. The highest BCUT2D eigenvalue weighted by molar-refractivity contribution is 7.80. The molecule has 0 saturated heterocycles. The summed E-state index contributed by atoms with van der Waals surface area (Å²) in [6.45, 7) is 5.17. The number of thiocarbonyl (C=S) groups is 1. The molecule has 1 aliphatic heterocycles. The van der Waals surface area contributed by atoms with Crippen LogP contribution in [0.15, 0.2) is 35.5 Å². The van der Waals surface area contributed by atoms with Crippen molar-refractivity contribution in [3.8, 4) is 5.75 Å². The molecule has 2 rings (SSSR count). The lowest BCUT2D eigenvalue weighted by molar-refractivity contribution is -0.143. The first kappa shape index (κ1) is 18.7. The molecule has 0 saturated carbocycles. The molecule has 1 amide bonds. The van der Waals surface area contributed by atoms with Gasteiger partial charge in [0, 0.05) is 5.70 Å². The van der Waals surface area contributed by atoms with Gasteiger partial charge in [-0.05, 0) is 50.7 Å². The molecular formula is C17H21N3O4S. The third-order valence-corrected chi connectivity index (χ3v) is 3.65. The van der Waals surface area contributed by atoms with Gasteiger partial charge < -0.3 is 25.8 Å². The van der Waals surface area contributed by atoms with Gasteiger partial charge in [-0.3, -0.25) is 4.79 Å². The minimum absolute atomic E-state index is 0.194. The van der Waals surface area contributed by atoms with Crippen molar-refractivity contribution in [2.45, 2.75) is 32.9 Å². The van der Waals surface area contributed by atoms with E-state index in [1.165, 1.54) is 0 Å². The zero-order valence-electron chi connectivity index (χ0n) is 14.3. The summed E-state index contributed by atoms with van der Waals surface area (Å²) in [5.41, 5.74) is 6.98. The molecule has 134 valence electrons. The van der Waals surface area contributed by atoms with Gasteiger partial charge in [-0.2, -0.15) is 0 Å². The lowest BCUT2D eigenvalue weighted by Crippen LogP contribution is -2.45. The maximum absolute atomic E-state index is 12.5. The predicted octanol–water partition coefficient (Wildman–Crippen LogP) is 1.30. The zero-order chi connectivity index (χ0) is 18.6. The van der Waals surface area contributed by atoms with E-state index in [1.54, 1.807) is 45.0 Å². The van der Waals surface area contributed by atoms with Crippen LogP contribution in [0.1, 0.15) is 32.4 Å². The van der Waals surface area contributed by atoms with Crippen molar-refractivity contribution in [3.63, 3.8) is 0 Å². The summed E-state index contributed by atoms with van der Waals surface area (Å²) < 4.78 is 10.6. The Labute approximate surface area is 151 Å². The Kier molecular flexibility index (Phi) is 5.97. The number of esters is 1. The topological polar surface area (TPSA) is 103 Å². The number of nitrogens with two attached hydrogens (primary N) is 1. The Hall–Kier alpha value is -2.61. The van der Waals surface area contributed by atoms with Gasteiger partial charge in [0.1, 0.15) is 5.75 Å².